The molecule has 0 aromatic heterocycles. The number of benzene rings is 1. The molecule has 0 radical (unpaired) electrons. The van der Waals surface area contributed by atoms with Crippen molar-refractivity contribution in [2.24, 2.45) is 5.92 Å². The van der Waals surface area contributed by atoms with Crippen LogP contribution in [0.15, 0.2) is 24.3 Å². The summed E-state index contributed by atoms with van der Waals surface area (Å²) in [5.41, 5.74) is 2.90. The van der Waals surface area contributed by atoms with Crippen molar-refractivity contribution in [3.8, 4) is 0 Å². The molecule has 0 saturated heterocycles. The van der Waals surface area contributed by atoms with E-state index in [1.807, 2.05) is 0 Å². The van der Waals surface area contributed by atoms with E-state index in [1.54, 1.807) is 0 Å². The molecule has 1 unspecified atom stereocenters. The third-order valence-electron chi connectivity index (χ3n) is 3.36. The van der Waals surface area contributed by atoms with Gasteiger partial charge in [0.1, 0.15) is 0 Å². The summed E-state index contributed by atoms with van der Waals surface area (Å²) in [6.45, 7) is 7.23. The second kappa shape index (κ2) is 6.18. The smallest absolute Gasteiger partial charge is 0.0484 e. The molecular formula is C15H23NO. The number of hydrogen-bond donors (Lipinski definition) is 1. The van der Waals surface area contributed by atoms with E-state index in [0.717, 1.165) is 38.5 Å². The second-order valence-electron chi connectivity index (χ2n) is 5.22. The van der Waals surface area contributed by atoms with Gasteiger partial charge in [0.05, 0.1) is 0 Å². The molecule has 0 saturated carbocycles. The summed E-state index contributed by atoms with van der Waals surface area (Å²) in [6.07, 6.45) is 2.24. The van der Waals surface area contributed by atoms with Gasteiger partial charge in [0.15, 0.2) is 0 Å². The number of ether oxygens (including phenoxy) is 1. The van der Waals surface area contributed by atoms with E-state index in [2.05, 4.69) is 43.4 Å². The van der Waals surface area contributed by atoms with E-state index >= 15 is 0 Å². The molecule has 1 aliphatic rings. The fourth-order valence-corrected chi connectivity index (χ4v) is 2.26. The van der Waals surface area contributed by atoms with Gasteiger partial charge in [-0.05, 0) is 29.9 Å². The van der Waals surface area contributed by atoms with Crippen molar-refractivity contribution in [3.05, 3.63) is 35.4 Å². The Kier molecular flexibility index (Phi) is 4.57. The zero-order valence-corrected chi connectivity index (χ0v) is 10.9. The van der Waals surface area contributed by atoms with E-state index in [0.29, 0.717) is 6.04 Å². The van der Waals surface area contributed by atoms with Crippen molar-refractivity contribution in [3.63, 3.8) is 0 Å². The highest BCUT2D eigenvalue weighted by Gasteiger charge is 2.20. The Morgan fingerprint density at radius 2 is 2.12 bits per heavy atom. The average Bonchev–Trinajstić information content (AvgIpc) is 2.72. The molecule has 1 aromatic rings. The van der Waals surface area contributed by atoms with Gasteiger partial charge < -0.3 is 10.1 Å². The highest BCUT2D eigenvalue weighted by Crippen LogP contribution is 2.27. The van der Waals surface area contributed by atoms with Gasteiger partial charge in [-0.3, -0.25) is 0 Å². The molecule has 17 heavy (non-hydrogen) atoms. The van der Waals surface area contributed by atoms with Gasteiger partial charge in [-0.2, -0.15) is 0 Å². The Hall–Kier alpha value is -0.860. The largest absolute Gasteiger partial charge is 0.381 e. The second-order valence-corrected chi connectivity index (χ2v) is 5.22. The molecule has 0 aliphatic carbocycles. The van der Waals surface area contributed by atoms with Crippen molar-refractivity contribution in [1.29, 1.82) is 0 Å². The zero-order valence-electron chi connectivity index (χ0n) is 10.9. The lowest BCUT2D eigenvalue weighted by atomic mass is 10.0. The normalized spacial score (nSPS) is 18.6. The monoisotopic (exact) mass is 233 g/mol. The predicted octanol–water partition coefficient (Wildman–Crippen LogP) is 3.28. The summed E-state index contributed by atoms with van der Waals surface area (Å²) >= 11 is 0. The Labute approximate surface area is 104 Å². The van der Waals surface area contributed by atoms with Crippen molar-refractivity contribution in [2.75, 3.05) is 13.2 Å². The van der Waals surface area contributed by atoms with Crippen LogP contribution in [-0.4, -0.2) is 13.2 Å². The summed E-state index contributed by atoms with van der Waals surface area (Å²) < 4.78 is 5.68. The average molecular weight is 233 g/mol. The quantitative estimate of drug-likeness (QED) is 0.761. The number of nitrogens with one attached hydrogen (secondary N) is 1. The van der Waals surface area contributed by atoms with Gasteiger partial charge in [-0.1, -0.05) is 38.1 Å². The fraction of sp³-hybridized carbons (Fsp3) is 0.600. The van der Waals surface area contributed by atoms with Crippen LogP contribution in [0.5, 0.6) is 0 Å². The van der Waals surface area contributed by atoms with E-state index < -0.39 is 0 Å². The first-order valence-electron chi connectivity index (χ1n) is 6.66. The van der Waals surface area contributed by atoms with E-state index in [4.69, 9.17) is 4.74 Å². The molecule has 1 atom stereocenters. The summed E-state index contributed by atoms with van der Waals surface area (Å²) in [4.78, 5) is 0. The minimum Gasteiger partial charge on any atom is -0.381 e. The Morgan fingerprint density at radius 3 is 2.94 bits per heavy atom. The van der Waals surface area contributed by atoms with Crippen LogP contribution < -0.4 is 5.32 Å². The molecule has 1 heterocycles. The third kappa shape index (κ3) is 3.55. The summed E-state index contributed by atoms with van der Waals surface area (Å²) in [7, 11) is 0. The molecule has 0 fully saturated rings. The first-order valence-corrected chi connectivity index (χ1v) is 6.66. The maximum Gasteiger partial charge on any atom is 0.0484 e. The number of hydrogen-bond acceptors (Lipinski definition) is 2. The lowest BCUT2D eigenvalue weighted by Gasteiger charge is -2.12. The van der Waals surface area contributed by atoms with Crippen LogP contribution in [0, 0.1) is 5.92 Å². The van der Waals surface area contributed by atoms with Crippen molar-refractivity contribution in [2.45, 2.75) is 39.3 Å². The lowest BCUT2D eigenvalue weighted by Crippen LogP contribution is -2.14. The molecular weight excluding hydrogens is 210 g/mol. The SMILES string of the molecule is CC(C)CCOCCC1NCc2ccccc21. The van der Waals surface area contributed by atoms with Crippen molar-refractivity contribution in [1.82, 2.24) is 5.32 Å². The topological polar surface area (TPSA) is 21.3 Å². The molecule has 0 spiro atoms. The van der Waals surface area contributed by atoms with Gasteiger partial charge in [-0.15, -0.1) is 0 Å². The van der Waals surface area contributed by atoms with Gasteiger partial charge in [0.25, 0.3) is 0 Å². The first-order chi connectivity index (χ1) is 8.27. The van der Waals surface area contributed by atoms with Gasteiger partial charge in [0.2, 0.25) is 0 Å². The standard InChI is InChI=1S/C15H23NO/c1-12(2)7-9-17-10-8-15-14-6-4-3-5-13(14)11-16-15/h3-6,12,15-16H,7-11H2,1-2H3. The molecule has 1 aliphatic heterocycles. The van der Waals surface area contributed by atoms with E-state index in [1.165, 1.54) is 11.1 Å². The number of rotatable bonds is 6. The van der Waals surface area contributed by atoms with Crippen LogP contribution in [-0.2, 0) is 11.3 Å². The fourth-order valence-electron chi connectivity index (χ4n) is 2.26. The molecule has 2 rings (SSSR count). The van der Waals surface area contributed by atoms with Crippen LogP contribution in [0.4, 0.5) is 0 Å². The highest BCUT2D eigenvalue weighted by molar-refractivity contribution is 5.33. The zero-order chi connectivity index (χ0) is 12.1. The van der Waals surface area contributed by atoms with Crippen LogP contribution >= 0.6 is 0 Å². The first kappa shape index (κ1) is 12.6. The van der Waals surface area contributed by atoms with Gasteiger partial charge in [-0.25, -0.2) is 0 Å². The Bertz CT molecular complexity index is 349. The van der Waals surface area contributed by atoms with Gasteiger partial charge in [0, 0.05) is 25.8 Å². The lowest BCUT2D eigenvalue weighted by molar-refractivity contribution is 0.115. The molecule has 1 N–H and O–H groups in total. The summed E-state index contributed by atoms with van der Waals surface area (Å²) in [6, 6.07) is 9.17. The number of fused-ring (bicyclic) bond motifs is 1. The molecule has 2 heteroatoms. The molecule has 0 amide bonds. The van der Waals surface area contributed by atoms with Crippen molar-refractivity contribution >= 4 is 0 Å². The predicted molar refractivity (Wildman–Crippen MR) is 70.9 cm³/mol. The molecule has 94 valence electrons. The van der Waals surface area contributed by atoms with E-state index in [9.17, 15) is 0 Å². The highest BCUT2D eigenvalue weighted by atomic mass is 16.5. The van der Waals surface area contributed by atoms with E-state index in [-0.39, 0.29) is 0 Å². The van der Waals surface area contributed by atoms with Crippen LogP contribution in [0.2, 0.25) is 0 Å². The van der Waals surface area contributed by atoms with Crippen LogP contribution in [0.3, 0.4) is 0 Å². The maximum absolute atomic E-state index is 5.68. The summed E-state index contributed by atoms with van der Waals surface area (Å²) in [5, 5.41) is 3.54. The van der Waals surface area contributed by atoms with Gasteiger partial charge >= 0.3 is 0 Å². The third-order valence-corrected chi connectivity index (χ3v) is 3.36. The van der Waals surface area contributed by atoms with Crippen molar-refractivity contribution < 1.29 is 4.74 Å². The minimum absolute atomic E-state index is 0.491. The van der Waals surface area contributed by atoms with Crippen LogP contribution in [0.1, 0.15) is 43.9 Å². The molecule has 0 bridgehead atoms. The maximum atomic E-state index is 5.68. The molecule has 2 nitrogen and oxygen atoms in total. The minimum atomic E-state index is 0.491. The van der Waals surface area contributed by atoms with Crippen LogP contribution in [0.25, 0.3) is 0 Å². The molecule has 1 aromatic carbocycles. The Balaban J connectivity index is 1.71. The summed E-state index contributed by atoms with van der Waals surface area (Å²) in [5.74, 6) is 0.736. The Morgan fingerprint density at radius 1 is 1.29 bits per heavy atom.